The Bertz CT molecular complexity index is 499. The summed E-state index contributed by atoms with van der Waals surface area (Å²) in [5, 5.41) is 0. The molecule has 90 valence electrons. The van der Waals surface area contributed by atoms with Crippen LogP contribution in [-0.4, -0.2) is 29.9 Å². The van der Waals surface area contributed by atoms with Gasteiger partial charge in [-0.05, 0) is 31.3 Å². The van der Waals surface area contributed by atoms with Crippen LogP contribution in [0, 0.1) is 5.92 Å². The van der Waals surface area contributed by atoms with Gasteiger partial charge in [0.2, 0.25) is 0 Å². The van der Waals surface area contributed by atoms with Gasteiger partial charge in [-0.1, -0.05) is 30.3 Å². The van der Waals surface area contributed by atoms with Gasteiger partial charge in [0.1, 0.15) is 12.6 Å². The molecule has 0 bridgehead atoms. The molecule has 1 aromatic carbocycles. The van der Waals surface area contributed by atoms with Crippen LogP contribution in [0.25, 0.3) is 0 Å². The van der Waals surface area contributed by atoms with E-state index in [0.717, 1.165) is 18.4 Å². The fraction of sp³-hybridized carbons (Fsp3) is 0.500. The largest absolute Gasteiger partial charge is 0.460 e. The SMILES string of the molecule is [2H]C([2H])([2H])N1[C@H](C2CC2)[C@@H]1C(=O)OCc1ccccc1. The summed E-state index contributed by atoms with van der Waals surface area (Å²) in [6.45, 7) is -2.01. The summed E-state index contributed by atoms with van der Waals surface area (Å²) >= 11 is 0. The van der Waals surface area contributed by atoms with Crippen LogP contribution in [0.3, 0.4) is 0 Å². The number of ether oxygens (including phenoxy) is 1. The number of benzene rings is 1. The average Bonchev–Trinajstić information content (AvgIpc) is 3.26. The maximum absolute atomic E-state index is 12.1. The van der Waals surface area contributed by atoms with Gasteiger partial charge in [0.05, 0.1) is 0 Å². The highest BCUT2D eigenvalue weighted by Gasteiger charge is 2.57. The Kier molecular flexibility index (Phi) is 1.92. The second-order valence-electron chi connectivity index (χ2n) is 4.77. The van der Waals surface area contributed by atoms with E-state index in [2.05, 4.69) is 0 Å². The van der Waals surface area contributed by atoms with Gasteiger partial charge in [-0.3, -0.25) is 9.69 Å². The van der Waals surface area contributed by atoms with Gasteiger partial charge >= 0.3 is 5.97 Å². The minimum atomic E-state index is -2.20. The molecule has 17 heavy (non-hydrogen) atoms. The van der Waals surface area contributed by atoms with Crippen molar-refractivity contribution < 1.29 is 13.6 Å². The summed E-state index contributed by atoms with van der Waals surface area (Å²) < 4.78 is 27.7. The zero-order valence-electron chi connectivity index (χ0n) is 12.5. The molecule has 0 radical (unpaired) electrons. The highest BCUT2D eigenvalue weighted by atomic mass is 16.5. The highest BCUT2D eigenvalue weighted by molar-refractivity contribution is 5.80. The van der Waals surface area contributed by atoms with Crippen LogP contribution >= 0.6 is 0 Å². The average molecular weight is 234 g/mol. The smallest absolute Gasteiger partial charge is 0.325 e. The molecular formula is C14H17NO2. The van der Waals surface area contributed by atoms with Gasteiger partial charge in [-0.2, -0.15) is 0 Å². The number of hydrogen-bond donors (Lipinski definition) is 0. The van der Waals surface area contributed by atoms with E-state index in [1.807, 2.05) is 30.3 Å². The Morgan fingerprint density at radius 2 is 2.24 bits per heavy atom. The first kappa shape index (κ1) is 7.88. The lowest BCUT2D eigenvalue weighted by atomic mass is 10.2. The maximum atomic E-state index is 12.1. The summed E-state index contributed by atoms with van der Waals surface area (Å²) in [7, 11) is 0. The summed E-state index contributed by atoms with van der Waals surface area (Å²) in [6, 6.07) is 8.67. The number of carbonyl (C=O) groups is 1. The third kappa shape index (κ3) is 2.20. The molecule has 3 heteroatoms. The van der Waals surface area contributed by atoms with E-state index in [0.29, 0.717) is 5.92 Å². The Morgan fingerprint density at radius 3 is 2.88 bits per heavy atom. The molecule has 1 heterocycles. The quantitative estimate of drug-likeness (QED) is 0.588. The van der Waals surface area contributed by atoms with Crippen molar-refractivity contribution in [3.63, 3.8) is 0 Å². The van der Waals surface area contributed by atoms with Crippen LogP contribution in [0.2, 0.25) is 0 Å². The van der Waals surface area contributed by atoms with E-state index < -0.39 is 19.0 Å². The van der Waals surface area contributed by atoms with Crippen molar-refractivity contribution >= 4 is 5.97 Å². The maximum Gasteiger partial charge on any atom is 0.325 e. The van der Waals surface area contributed by atoms with Crippen molar-refractivity contribution in [3.8, 4) is 0 Å². The standard InChI is InChI=1S/C14H17NO2/c1-15-12(11-7-8-11)13(15)14(16)17-9-10-5-3-2-4-6-10/h2-6,11-13H,7-9H2,1H3/t12-,13-,15?/m1/s1/i1D3. The molecule has 3 rings (SSSR count). The number of likely N-dealkylation sites (N-methyl/N-ethyl adjacent to an activating group) is 1. The lowest BCUT2D eigenvalue weighted by molar-refractivity contribution is -0.145. The Morgan fingerprint density at radius 1 is 1.47 bits per heavy atom. The van der Waals surface area contributed by atoms with Crippen LogP contribution in [-0.2, 0) is 16.1 Å². The van der Waals surface area contributed by atoms with Gasteiger partial charge in [-0.25, -0.2) is 0 Å². The van der Waals surface area contributed by atoms with Crippen LogP contribution < -0.4 is 0 Å². The molecule has 2 aliphatic rings. The molecule has 3 atom stereocenters. The molecule has 0 amide bonds. The van der Waals surface area contributed by atoms with Gasteiger partial charge in [0.15, 0.2) is 0 Å². The van der Waals surface area contributed by atoms with Gasteiger partial charge in [0.25, 0.3) is 0 Å². The Hall–Kier alpha value is -1.35. The third-order valence-electron chi connectivity index (χ3n) is 3.43. The number of rotatable bonds is 4. The van der Waals surface area contributed by atoms with E-state index in [1.165, 1.54) is 4.90 Å². The second-order valence-corrected chi connectivity index (χ2v) is 4.77. The molecule has 0 N–H and O–H groups in total. The zero-order valence-corrected chi connectivity index (χ0v) is 9.50. The first-order chi connectivity index (χ1) is 9.48. The molecule has 0 spiro atoms. The van der Waals surface area contributed by atoms with Crippen LogP contribution in [0.5, 0.6) is 0 Å². The summed E-state index contributed by atoms with van der Waals surface area (Å²) in [6.07, 6.45) is 2.03. The minimum Gasteiger partial charge on any atom is -0.460 e. The zero-order chi connectivity index (χ0) is 14.3. The molecular weight excluding hydrogens is 214 g/mol. The van der Waals surface area contributed by atoms with Crippen LogP contribution in [0.1, 0.15) is 22.5 Å². The molecule has 1 saturated carbocycles. The van der Waals surface area contributed by atoms with E-state index in [-0.39, 0.29) is 12.6 Å². The fourth-order valence-corrected chi connectivity index (χ4v) is 2.24. The van der Waals surface area contributed by atoms with E-state index in [1.54, 1.807) is 0 Å². The molecule has 1 aliphatic carbocycles. The predicted molar refractivity (Wildman–Crippen MR) is 64.3 cm³/mol. The Labute approximate surface area is 106 Å². The Balaban J connectivity index is 1.59. The van der Waals surface area contributed by atoms with E-state index >= 15 is 0 Å². The number of hydrogen-bond acceptors (Lipinski definition) is 3. The number of nitrogens with zero attached hydrogens (tertiary/aromatic N) is 1. The minimum absolute atomic E-state index is 0.147. The van der Waals surface area contributed by atoms with Crippen LogP contribution in [0.4, 0.5) is 0 Å². The molecule has 1 unspecified atom stereocenters. The summed E-state index contributed by atoms with van der Waals surface area (Å²) in [4.78, 5) is 13.4. The number of carbonyl (C=O) groups excluding carboxylic acids is 1. The third-order valence-corrected chi connectivity index (χ3v) is 3.43. The van der Waals surface area contributed by atoms with Gasteiger partial charge in [-0.15, -0.1) is 0 Å². The van der Waals surface area contributed by atoms with Crippen molar-refractivity contribution in [1.82, 2.24) is 4.90 Å². The summed E-state index contributed by atoms with van der Waals surface area (Å²) in [5.74, 6) is -0.0634. The monoisotopic (exact) mass is 234 g/mol. The number of esters is 1. The molecule has 1 aliphatic heterocycles. The molecule has 0 aromatic heterocycles. The predicted octanol–water partition coefficient (Wildman–Crippen LogP) is 1.82. The lowest BCUT2D eigenvalue weighted by Crippen LogP contribution is -2.15. The molecule has 2 fully saturated rings. The lowest BCUT2D eigenvalue weighted by Gasteiger charge is -2.03. The second kappa shape index (κ2) is 4.15. The van der Waals surface area contributed by atoms with Crippen molar-refractivity contribution in [2.75, 3.05) is 6.98 Å². The normalized spacial score (nSPS) is 34.4. The van der Waals surface area contributed by atoms with Crippen molar-refractivity contribution in [2.24, 2.45) is 5.92 Å². The van der Waals surface area contributed by atoms with Crippen molar-refractivity contribution in [1.29, 1.82) is 0 Å². The summed E-state index contributed by atoms with van der Waals surface area (Å²) in [5.41, 5.74) is 0.907. The van der Waals surface area contributed by atoms with Crippen molar-refractivity contribution in [3.05, 3.63) is 35.9 Å². The first-order valence-electron chi connectivity index (χ1n) is 7.47. The van der Waals surface area contributed by atoms with Crippen molar-refractivity contribution in [2.45, 2.75) is 31.5 Å². The fourth-order valence-electron chi connectivity index (χ4n) is 2.24. The van der Waals surface area contributed by atoms with E-state index in [9.17, 15) is 4.79 Å². The highest BCUT2D eigenvalue weighted by Crippen LogP contribution is 2.46. The topological polar surface area (TPSA) is 29.3 Å². The molecule has 1 saturated heterocycles. The molecule has 1 aromatic rings. The van der Waals surface area contributed by atoms with Gasteiger partial charge in [0, 0.05) is 10.2 Å². The van der Waals surface area contributed by atoms with Crippen LogP contribution in [0.15, 0.2) is 30.3 Å². The van der Waals surface area contributed by atoms with E-state index in [4.69, 9.17) is 8.85 Å². The van der Waals surface area contributed by atoms with Gasteiger partial charge < -0.3 is 4.74 Å². The first-order valence-corrected chi connectivity index (χ1v) is 5.97. The molecule has 3 nitrogen and oxygen atoms in total.